The minimum absolute atomic E-state index is 0.146. The van der Waals surface area contributed by atoms with Crippen LogP contribution in [0.4, 0.5) is 41.1 Å². The Hall–Kier alpha value is -4.98. The molecule has 14 heteroatoms. The monoisotopic (exact) mass is 607 g/mol. The fourth-order valence-corrected chi connectivity index (χ4v) is 4.72. The summed E-state index contributed by atoms with van der Waals surface area (Å²) in [5, 5.41) is 8.64. The Morgan fingerprint density at radius 1 is 1.11 bits per heavy atom. The second-order valence-corrected chi connectivity index (χ2v) is 10.8. The van der Waals surface area contributed by atoms with E-state index in [0.29, 0.717) is 40.9 Å². The first kappa shape index (κ1) is 30.5. The average Bonchev–Trinajstić information content (AvgIpc) is 3.41. The number of aromatic nitrogens is 4. The van der Waals surface area contributed by atoms with Gasteiger partial charge >= 0.3 is 12.2 Å². The van der Waals surface area contributed by atoms with E-state index < -0.39 is 23.7 Å². The lowest BCUT2D eigenvalue weighted by atomic mass is 10.1. The van der Waals surface area contributed by atoms with Gasteiger partial charge in [0.05, 0.1) is 29.8 Å². The van der Waals surface area contributed by atoms with Crippen LogP contribution in [0.15, 0.2) is 55.1 Å². The lowest BCUT2D eigenvalue weighted by Crippen LogP contribution is -2.39. The zero-order valence-electron chi connectivity index (χ0n) is 24.7. The van der Waals surface area contributed by atoms with Gasteiger partial charge in [0.1, 0.15) is 5.82 Å². The van der Waals surface area contributed by atoms with Crippen molar-refractivity contribution in [2.75, 3.05) is 48.0 Å². The van der Waals surface area contributed by atoms with Crippen molar-refractivity contribution in [1.82, 2.24) is 24.4 Å². The van der Waals surface area contributed by atoms with Crippen LogP contribution in [0.25, 0.3) is 5.69 Å². The molecular weight excluding hydrogens is 575 g/mol. The van der Waals surface area contributed by atoms with Crippen molar-refractivity contribution in [2.24, 2.45) is 0 Å². The van der Waals surface area contributed by atoms with E-state index in [-0.39, 0.29) is 17.8 Å². The standard InChI is InChI=1S/C30H32F3N9O2/c1-18-6-7-23(37-27(43)20-10-22(30(31,32)33)12-24(11-20)41-15-19(2)36-17-41)13-25(18)42-16-21-14-35-28(34-8-5-9-40(3)4)38-26(21)39-29(42)44/h6-7,10-15,17H,5,8-9,16H2,1-4H3,(H,37,43)(H2,34,35,38,39,44). The molecule has 44 heavy (non-hydrogen) atoms. The van der Waals surface area contributed by atoms with Crippen LogP contribution in [0, 0.1) is 13.8 Å². The summed E-state index contributed by atoms with van der Waals surface area (Å²) >= 11 is 0. The lowest BCUT2D eigenvalue weighted by molar-refractivity contribution is -0.137. The Balaban J connectivity index is 1.35. The first-order valence-electron chi connectivity index (χ1n) is 13.9. The molecule has 0 unspecified atom stereocenters. The molecule has 0 fully saturated rings. The molecule has 2 aromatic heterocycles. The normalized spacial score (nSPS) is 13.1. The number of amides is 3. The van der Waals surface area contributed by atoms with Crippen LogP contribution in [0.3, 0.4) is 0 Å². The van der Waals surface area contributed by atoms with E-state index in [1.807, 2.05) is 21.0 Å². The number of imidazole rings is 1. The topological polar surface area (TPSA) is 120 Å². The highest BCUT2D eigenvalue weighted by Crippen LogP contribution is 2.33. The minimum Gasteiger partial charge on any atom is -0.354 e. The molecule has 1 aliphatic heterocycles. The van der Waals surface area contributed by atoms with Gasteiger partial charge in [0, 0.05) is 41.4 Å². The zero-order valence-corrected chi connectivity index (χ0v) is 24.7. The van der Waals surface area contributed by atoms with E-state index in [0.717, 1.165) is 30.7 Å². The second kappa shape index (κ2) is 12.3. The summed E-state index contributed by atoms with van der Waals surface area (Å²) in [5.41, 5.74) is 1.87. The number of benzene rings is 2. The molecule has 0 saturated carbocycles. The summed E-state index contributed by atoms with van der Waals surface area (Å²) in [6.45, 7) is 5.30. The van der Waals surface area contributed by atoms with Crippen molar-refractivity contribution >= 4 is 35.1 Å². The number of aryl methyl sites for hydroxylation is 2. The zero-order chi connectivity index (χ0) is 31.6. The number of hydrogen-bond donors (Lipinski definition) is 3. The van der Waals surface area contributed by atoms with Crippen molar-refractivity contribution < 1.29 is 22.8 Å². The number of alkyl halides is 3. The number of nitrogens with one attached hydrogen (secondary N) is 3. The maximum Gasteiger partial charge on any atom is 0.416 e. The van der Waals surface area contributed by atoms with E-state index in [4.69, 9.17) is 0 Å². The first-order valence-corrected chi connectivity index (χ1v) is 13.9. The van der Waals surface area contributed by atoms with Crippen molar-refractivity contribution in [1.29, 1.82) is 0 Å². The van der Waals surface area contributed by atoms with E-state index in [1.165, 1.54) is 21.9 Å². The molecule has 0 bridgehead atoms. The van der Waals surface area contributed by atoms with Crippen LogP contribution in [0.2, 0.25) is 0 Å². The predicted octanol–water partition coefficient (Wildman–Crippen LogP) is 5.47. The van der Waals surface area contributed by atoms with Gasteiger partial charge in [-0.25, -0.2) is 14.8 Å². The van der Waals surface area contributed by atoms with Gasteiger partial charge in [0.25, 0.3) is 5.91 Å². The summed E-state index contributed by atoms with van der Waals surface area (Å²) in [4.78, 5) is 42.8. The molecule has 0 atom stereocenters. The molecule has 0 aliphatic carbocycles. The maximum absolute atomic E-state index is 13.7. The SMILES string of the molecule is Cc1cn(-c2cc(C(=O)Nc3ccc(C)c(N4Cc5cnc(NCCCN(C)C)nc5NC4=O)c3)cc(C(F)(F)F)c2)cn1. The summed E-state index contributed by atoms with van der Waals surface area (Å²) in [5.74, 6) is 0.0846. The van der Waals surface area contributed by atoms with Crippen molar-refractivity contribution in [3.8, 4) is 5.69 Å². The van der Waals surface area contributed by atoms with E-state index in [2.05, 4.69) is 35.8 Å². The first-order chi connectivity index (χ1) is 20.9. The largest absolute Gasteiger partial charge is 0.416 e. The molecule has 2 aromatic carbocycles. The number of fused-ring (bicyclic) bond motifs is 1. The molecule has 0 radical (unpaired) electrons. The number of nitrogens with zero attached hydrogens (tertiary/aromatic N) is 6. The molecule has 5 rings (SSSR count). The van der Waals surface area contributed by atoms with Crippen LogP contribution in [-0.2, 0) is 12.7 Å². The van der Waals surface area contributed by atoms with Gasteiger partial charge in [-0.05, 0) is 76.8 Å². The number of carbonyl (C=O) groups is 2. The Morgan fingerprint density at radius 2 is 1.91 bits per heavy atom. The predicted molar refractivity (Wildman–Crippen MR) is 161 cm³/mol. The highest BCUT2D eigenvalue weighted by molar-refractivity contribution is 6.07. The minimum atomic E-state index is -4.66. The Morgan fingerprint density at radius 3 is 2.61 bits per heavy atom. The van der Waals surface area contributed by atoms with Gasteiger partial charge in [-0.2, -0.15) is 18.2 Å². The van der Waals surface area contributed by atoms with E-state index in [9.17, 15) is 22.8 Å². The number of anilines is 4. The summed E-state index contributed by atoms with van der Waals surface area (Å²) in [7, 11) is 4.00. The average molecular weight is 608 g/mol. The van der Waals surface area contributed by atoms with Gasteiger partial charge in [0.2, 0.25) is 5.95 Å². The molecule has 3 N–H and O–H groups in total. The van der Waals surface area contributed by atoms with Crippen LogP contribution in [0.5, 0.6) is 0 Å². The third-order valence-corrected chi connectivity index (χ3v) is 7.00. The molecular formula is C30H32F3N9O2. The van der Waals surface area contributed by atoms with E-state index >= 15 is 0 Å². The van der Waals surface area contributed by atoms with Crippen LogP contribution in [-0.4, -0.2) is 63.5 Å². The van der Waals surface area contributed by atoms with Crippen LogP contribution in [0.1, 0.15) is 39.2 Å². The Kier molecular flexibility index (Phi) is 8.54. The third kappa shape index (κ3) is 6.97. The molecule has 1 aliphatic rings. The third-order valence-electron chi connectivity index (χ3n) is 7.00. The molecule has 0 saturated heterocycles. The lowest BCUT2D eigenvalue weighted by Gasteiger charge is -2.30. The number of rotatable bonds is 9. The van der Waals surface area contributed by atoms with Gasteiger partial charge in [-0.15, -0.1) is 0 Å². The highest BCUT2D eigenvalue weighted by atomic mass is 19.4. The molecule has 230 valence electrons. The molecule has 0 spiro atoms. The summed E-state index contributed by atoms with van der Waals surface area (Å²) in [6.07, 6.45) is 0.841. The van der Waals surface area contributed by atoms with Gasteiger partial charge in [0.15, 0.2) is 0 Å². The second-order valence-electron chi connectivity index (χ2n) is 10.8. The van der Waals surface area contributed by atoms with Crippen molar-refractivity contribution in [2.45, 2.75) is 33.0 Å². The summed E-state index contributed by atoms with van der Waals surface area (Å²) in [6, 6.07) is 7.66. The Labute approximate surface area is 252 Å². The van der Waals surface area contributed by atoms with Gasteiger partial charge in [-0.3, -0.25) is 15.0 Å². The summed E-state index contributed by atoms with van der Waals surface area (Å²) < 4.78 is 42.5. The molecule has 11 nitrogen and oxygen atoms in total. The van der Waals surface area contributed by atoms with Crippen molar-refractivity contribution in [3.05, 3.63) is 83.1 Å². The number of hydrogen-bond acceptors (Lipinski definition) is 7. The number of urea groups is 1. The fraction of sp³-hybridized carbons (Fsp3) is 0.300. The molecule has 3 amide bonds. The smallest absolute Gasteiger partial charge is 0.354 e. The number of halogens is 3. The van der Waals surface area contributed by atoms with E-state index in [1.54, 1.807) is 37.5 Å². The quantitative estimate of drug-likeness (QED) is 0.216. The van der Waals surface area contributed by atoms with Crippen LogP contribution < -0.4 is 20.9 Å². The van der Waals surface area contributed by atoms with Gasteiger partial charge in [-0.1, -0.05) is 6.07 Å². The Bertz CT molecular complexity index is 1700. The highest BCUT2D eigenvalue weighted by Gasteiger charge is 2.32. The van der Waals surface area contributed by atoms with Gasteiger partial charge < -0.3 is 20.1 Å². The fourth-order valence-electron chi connectivity index (χ4n) is 4.72. The number of carbonyl (C=O) groups excluding carboxylic acids is 2. The molecule has 3 heterocycles. The maximum atomic E-state index is 13.7. The van der Waals surface area contributed by atoms with Crippen LogP contribution >= 0.6 is 0 Å². The van der Waals surface area contributed by atoms with Crippen molar-refractivity contribution in [3.63, 3.8) is 0 Å². The molecule has 4 aromatic rings.